The molecule has 174 valence electrons. The second-order valence-corrected chi connectivity index (χ2v) is 10.4. The average molecular weight is 407 g/mol. The van der Waals surface area contributed by atoms with Crippen LogP contribution in [0.3, 0.4) is 0 Å². The summed E-state index contributed by atoms with van der Waals surface area (Å²) in [6.07, 6.45) is 40.4. The van der Waals surface area contributed by atoms with Gasteiger partial charge in [-0.15, -0.1) is 0 Å². The SMILES string of the molecule is CCCCCCCCCCCCCCCCCCCCCCC1CCCCCC1. The van der Waals surface area contributed by atoms with Crippen molar-refractivity contribution in [3.05, 3.63) is 0 Å². The van der Waals surface area contributed by atoms with E-state index >= 15 is 0 Å². The summed E-state index contributed by atoms with van der Waals surface area (Å²) in [5, 5.41) is 0. The van der Waals surface area contributed by atoms with Gasteiger partial charge in [0, 0.05) is 0 Å². The van der Waals surface area contributed by atoms with Crippen molar-refractivity contribution in [2.75, 3.05) is 0 Å². The van der Waals surface area contributed by atoms with Crippen LogP contribution < -0.4 is 0 Å². The molecule has 0 atom stereocenters. The van der Waals surface area contributed by atoms with Gasteiger partial charge >= 0.3 is 0 Å². The zero-order valence-electron chi connectivity index (χ0n) is 20.7. The average Bonchev–Trinajstić information content (AvgIpc) is 3.01. The van der Waals surface area contributed by atoms with Crippen molar-refractivity contribution >= 4 is 0 Å². The lowest BCUT2D eigenvalue weighted by atomic mass is 9.93. The molecule has 0 radical (unpaired) electrons. The predicted octanol–water partition coefficient (Wildman–Crippen LogP) is 11.2. The predicted molar refractivity (Wildman–Crippen MR) is 134 cm³/mol. The van der Waals surface area contributed by atoms with Gasteiger partial charge in [0.1, 0.15) is 0 Å². The van der Waals surface area contributed by atoms with E-state index in [0.29, 0.717) is 0 Å². The minimum atomic E-state index is 1.09. The zero-order valence-corrected chi connectivity index (χ0v) is 20.7. The Morgan fingerprint density at radius 2 is 0.690 bits per heavy atom. The smallest absolute Gasteiger partial charge is 0.0414 e. The van der Waals surface area contributed by atoms with Gasteiger partial charge in [0.05, 0.1) is 0 Å². The molecule has 0 nitrogen and oxygen atoms in total. The molecule has 0 amide bonds. The monoisotopic (exact) mass is 406 g/mol. The highest BCUT2D eigenvalue weighted by Crippen LogP contribution is 2.27. The van der Waals surface area contributed by atoms with Gasteiger partial charge in [0.25, 0.3) is 0 Å². The molecular formula is C29H58. The third-order valence-electron chi connectivity index (χ3n) is 7.44. The third-order valence-corrected chi connectivity index (χ3v) is 7.44. The summed E-state index contributed by atoms with van der Waals surface area (Å²) in [5.74, 6) is 1.09. The minimum absolute atomic E-state index is 1.09. The summed E-state index contributed by atoms with van der Waals surface area (Å²) in [7, 11) is 0. The molecule has 0 aromatic carbocycles. The Hall–Kier alpha value is 0. The first-order valence-corrected chi connectivity index (χ1v) is 14.4. The number of hydrogen-bond donors (Lipinski definition) is 0. The molecule has 0 heteroatoms. The molecule has 29 heavy (non-hydrogen) atoms. The minimum Gasteiger partial charge on any atom is -0.0654 e. The molecule has 0 spiro atoms. The van der Waals surface area contributed by atoms with Crippen LogP contribution in [0.25, 0.3) is 0 Å². The van der Waals surface area contributed by atoms with E-state index < -0.39 is 0 Å². The second-order valence-electron chi connectivity index (χ2n) is 10.4. The van der Waals surface area contributed by atoms with Gasteiger partial charge in [0.2, 0.25) is 0 Å². The summed E-state index contributed by atoms with van der Waals surface area (Å²) < 4.78 is 0. The molecule has 1 aliphatic rings. The van der Waals surface area contributed by atoms with E-state index in [0.717, 1.165) is 5.92 Å². The van der Waals surface area contributed by atoms with Crippen LogP contribution in [0.2, 0.25) is 0 Å². The highest BCUT2D eigenvalue weighted by atomic mass is 14.2. The van der Waals surface area contributed by atoms with Crippen LogP contribution in [-0.2, 0) is 0 Å². The van der Waals surface area contributed by atoms with Crippen LogP contribution in [0.4, 0.5) is 0 Å². The maximum Gasteiger partial charge on any atom is -0.0414 e. The van der Waals surface area contributed by atoms with Crippen LogP contribution in [0.1, 0.15) is 180 Å². The van der Waals surface area contributed by atoms with Crippen molar-refractivity contribution in [1.82, 2.24) is 0 Å². The van der Waals surface area contributed by atoms with Gasteiger partial charge in [-0.3, -0.25) is 0 Å². The van der Waals surface area contributed by atoms with Crippen molar-refractivity contribution < 1.29 is 0 Å². The van der Waals surface area contributed by atoms with Crippen LogP contribution in [0.5, 0.6) is 0 Å². The van der Waals surface area contributed by atoms with Crippen molar-refractivity contribution in [3.63, 3.8) is 0 Å². The molecule has 1 fully saturated rings. The van der Waals surface area contributed by atoms with E-state index in [1.807, 2.05) is 0 Å². The second kappa shape index (κ2) is 22.7. The van der Waals surface area contributed by atoms with Gasteiger partial charge in [0.15, 0.2) is 0 Å². The summed E-state index contributed by atoms with van der Waals surface area (Å²) in [4.78, 5) is 0. The summed E-state index contributed by atoms with van der Waals surface area (Å²) >= 11 is 0. The molecule has 0 aromatic heterocycles. The Morgan fingerprint density at radius 3 is 1.03 bits per heavy atom. The Kier molecular flexibility index (Phi) is 21.1. The topological polar surface area (TPSA) is 0 Å². The molecule has 0 heterocycles. The normalized spacial score (nSPS) is 15.6. The maximum atomic E-state index is 2.31. The van der Waals surface area contributed by atoms with Crippen LogP contribution in [0.15, 0.2) is 0 Å². The highest BCUT2D eigenvalue weighted by molar-refractivity contribution is 4.64. The fourth-order valence-corrected chi connectivity index (χ4v) is 5.34. The molecule has 0 bridgehead atoms. The zero-order chi connectivity index (χ0) is 20.7. The summed E-state index contributed by atoms with van der Waals surface area (Å²) in [5.41, 5.74) is 0. The maximum absolute atomic E-state index is 2.31. The lowest BCUT2D eigenvalue weighted by Gasteiger charge is -2.13. The van der Waals surface area contributed by atoms with Crippen LogP contribution in [0, 0.1) is 5.92 Å². The van der Waals surface area contributed by atoms with E-state index in [4.69, 9.17) is 0 Å². The molecule has 1 rings (SSSR count). The van der Waals surface area contributed by atoms with Gasteiger partial charge in [-0.25, -0.2) is 0 Å². The van der Waals surface area contributed by atoms with E-state index in [1.165, 1.54) is 154 Å². The third kappa shape index (κ3) is 19.7. The standard InChI is InChI=1S/C29H58/c1-2-3-4-5-6-7-8-9-10-11-12-13-14-15-16-17-18-19-20-23-26-29-27-24-21-22-25-28-29/h29H,2-28H2,1H3. The lowest BCUT2D eigenvalue weighted by Crippen LogP contribution is -1.98. The fourth-order valence-electron chi connectivity index (χ4n) is 5.34. The van der Waals surface area contributed by atoms with Gasteiger partial charge < -0.3 is 0 Å². The van der Waals surface area contributed by atoms with E-state index in [9.17, 15) is 0 Å². The van der Waals surface area contributed by atoms with Crippen molar-refractivity contribution in [1.29, 1.82) is 0 Å². The van der Waals surface area contributed by atoms with Gasteiger partial charge in [-0.05, 0) is 5.92 Å². The van der Waals surface area contributed by atoms with E-state index in [1.54, 1.807) is 19.3 Å². The molecule has 0 aliphatic heterocycles. The number of hydrogen-bond acceptors (Lipinski definition) is 0. The van der Waals surface area contributed by atoms with Gasteiger partial charge in [-0.2, -0.15) is 0 Å². The Bertz CT molecular complexity index is 286. The molecule has 0 saturated heterocycles. The van der Waals surface area contributed by atoms with Crippen molar-refractivity contribution in [2.45, 2.75) is 180 Å². The highest BCUT2D eigenvalue weighted by Gasteiger charge is 2.11. The molecule has 1 saturated carbocycles. The first kappa shape index (κ1) is 27.0. The molecule has 0 N–H and O–H groups in total. The number of unbranched alkanes of at least 4 members (excludes halogenated alkanes) is 19. The quantitative estimate of drug-likeness (QED) is 0.131. The van der Waals surface area contributed by atoms with Crippen molar-refractivity contribution in [3.8, 4) is 0 Å². The van der Waals surface area contributed by atoms with Crippen LogP contribution in [-0.4, -0.2) is 0 Å². The summed E-state index contributed by atoms with van der Waals surface area (Å²) in [6.45, 7) is 2.31. The Balaban J connectivity index is 1.66. The van der Waals surface area contributed by atoms with Gasteiger partial charge in [-0.1, -0.05) is 180 Å². The molecular weight excluding hydrogens is 348 g/mol. The Labute approximate surface area is 186 Å². The van der Waals surface area contributed by atoms with E-state index in [-0.39, 0.29) is 0 Å². The van der Waals surface area contributed by atoms with Crippen molar-refractivity contribution in [2.24, 2.45) is 5.92 Å². The lowest BCUT2D eigenvalue weighted by molar-refractivity contribution is 0.404. The summed E-state index contributed by atoms with van der Waals surface area (Å²) in [6, 6.07) is 0. The largest absolute Gasteiger partial charge is 0.0654 e. The first-order chi connectivity index (χ1) is 14.4. The Morgan fingerprint density at radius 1 is 0.379 bits per heavy atom. The van der Waals surface area contributed by atoms with E-state index in [2.05, 4.69) is 6.92 Å². The molecule has 1 aliphatic carbocycles. The fraction of sp³-hybridized carbons (Fsp3) is 1.00. The molecule has 0 aromatic rings. The van der Waals surface area contributed by atoms with Crippen LogP contribution >= 0.6 is 0 Å². The first-order valence-electron chi connectivity index (χ1n) is 14.4. The number of rotatable bonds is 21. The molecule has 0 unspecified atom stereocenters.